The first-order valence-corrected chi connectivity index (χ1v) is 8.38. The van der Waals surface area contributed by atoms with Crippen molar-refractivity contribution in [3.63, 3.8) is 0 Å². The summed E-state index contributed by atoms with van der Waals surface area (Å²) in [5, 5.41) is 0.995. The molecule has 3 aromatic rings. The van der Waals surface area contributed by atoms with E-state index >= 15 is 0 Å². The van der Waals surface area contributed by atoms with Crippen molar-refractivity contribution in [1.82, 2.24) is 9.97 Å². The summed E-state index contributed by atoms with van der Waals surface area (Å²) < 4.78 is 2.04. The van der Waals surface area contributed by atoms with Gasteiger partial charge in [0, 0.05) is 37.3 Å². The van der Waals surface area contributed by atoms with Gasteiger partial charge < -0.3 is 0 Å². The SMILES string of the molecule is Cc1sc(-c2cncc(Br)c2)nc1-c1ccc(Br)cc1. The van der Waals surface area contributed by atoms with E-state index in [-0.39, 0.29) is 0 Å². The number of thiazole rings is 1. The predicted octanol–water partition coefficient (Wildman–Crippen LogP) is 5.71. The minimum Gasteiger partial charge on any atom is -0.263 e. The number of hydrogen-bond acceptors (Lipinski definition) is 3. The van der Waals surface area contributed by atoms with Gasteiger partial charge in [0.25, 0.3) is 0 Å². The summed E-state index contributed by atoms with van der Waals surface area (Å²) in [4.78, 5) is 10.2. The number of aromatic nitrogens is 2. The molecule has 0 aliphatic rings. The van der Waals surface area contributed by atoms with Crippen molar-refractivity contribution in [3.05, 3.63) is 56.5 Å². The quantitative estimate of drug-likeness (QED) is 0.542. The number of aryl methyl sites for hydroxylation is 1. The Morgan fingerprint density at radius 3 is 2.40 bits per heavy atom. The molecule has 0 bridgehead atoms. The van der Waals surface area contributed by atoms with E-state index in [1.807, 2.05) is 24.4 Å². The van der Waals surface area contributed by atoms with Crippen LogP contribution in [0.2, 0.25) is 0 Å². The second-order valence-electron chi connectivity index (χ2n) is 4.32. The summed E-state index contributed by atoms with van der Waals surface area (Å²) in [6.45, 7) is 2.10. The number of benzene rings is 1. The van der Waals surface area contributed by atoms with Crippen molar-refractivity contribution < 1.29 is 0 Å². The van der Waals surface area contributed by atoms with Crippen molar-refractivity contribution in [2.24, 2.45) is 0 Å². The molecular formula is C15H10Br2N2S. The van der Waals surface area contributed by atoms with Crippen LogP contribution in [0.5, 0.6) is 0 Å². The molecule has 0 atom stereocenters. The Labute approximate surface area is 138 Å². The average Bonchev–Trinajstić information content (AvgIpc) is 2.82. The number of nitrogens with zero attached hydrogens (tertiary/aromatic N) is 2. The Kier molecular flexibility index (Phi) is 4.01. The molecule has 0 aliphatic carbocycles. The highest BCUT2D eigenvalue weighted by molar-refractivity contribution is 9.10. The van der Waals surface area contributed by atoms with Crippen LogP contribution in [-0.4, -0.2) is 9.97 Å². The van der Waals surface area contributed by atoms with Gasteiger partial charge in [-0.2, -0.15) is 0 Å². The van der Waals surface area contributed by atoms with Gasteiger partial charge in [-0.05, 0) is 41.1 Å². The zero-order chi connectivity index (χ0) is 14.1. The molecule has 0 saturated heterocycles. The van der Waals surface area contributed by atoms with E-state index in [1.165, 1.54) is 4.88 Å². The van der Waals surface area contributed by atoms with Gasteiger partial charge in [-0.1, -0.05) is 28.1 Å². The van der Waals surface area contributed by atoms with Gasteiger partial charge in [0.2, 0.25) is 0 Å². The topological polar surface area (TPSA) is 25.8 Å². The van der Waals surface area contributed by atoms with Crippen LogP contribution in [0.4, 0.5) is 0 Å². The molecule has 0 spiro atoms. The Bertz CT molecular complexity index is 751. The molecule has 0 saturated carbocycles. The average molecular weight is 410 g/mol. The smallest absolute Gasteiger partial charge is 0.125 e. The minimum atomic E-state index is 0.966. The highest BCUT2D eigenvalue weighted by Crippen LogP contribution is 2.34. The molecule has 3 rings (SSSR count). The highest BCUT2D eigenvalue weighted by atomic mass is 79.9. The first-order chi connectivity index (χ1) is 9.63. The molecule has 2 heterocycles. The van der Waals surface area contributed by atoms with Gasteiger partial charge in [0.1, 0.15) is 5.01 Å². The van der Waals surface area contributed by atoms with Crippen LogP contribution in [-0.2, 0) is 0 Å². The third kappa shape index (κ3) is 2.85. The molecule has 0 N–H and O–H groups in total. The lowest BCUT2D eigenvalue weighted by Gasteiger charge is -1.99. The maximum Gasteiger partial charge on any atom is 0.125 e. The Balaban J connectivity index is 2.05. The van der Waals surface area contributed by atoms with Gasteiger partial charge in [0.05, 0.1) is 5.69 Å². The maximum atomic E-state index is 4.76. The summed E-state index contributed by atoms with van der Waals surface area (Å²) in [5.74, 6) is 0. The van der Waals surface area contributed by atoms with Crippen molar-refractivity contribution in [3.8, 4) is 21.8 Å². The summed E-state index contributed by atoms with van der Waals surface area (Å²) >= 11 is 8.59. The monoisotopic (exact) mass is 408 g/mol. The standard InChI is InChI=1S/C15H10Br2N2S/c1-9-14(10-2-4-12(16)5-3-10)19-15(20-9)11-6-13(17)8-18-7-11/h2-8H,1H3. The van der Waals surface area contributed by atoms with Crippen molar-refractivity contribution >= 4 is 43.2 Å². The predicted molar refractivity (Wildman–Crippen MR) is 90.9 cm³/mol. The van der Waals surface area contributed by atoms with E-state index in [1.54, 1.807) is 17.5 Å². The van der Waals surface area contributed by atoms with Gasteiger partial charge in [0.15, 0.2) is 0 Å². The van der Waals surface area contributed by atoms with E-state index in [2.05, 4.69) is 55.9 Å². The normalized spacial score (nSPS) is 10.8. The fourth-order valence-corrected chi connectivity index (χ4v) is 3.47. The number of halogens is 2. The summed E-state index contributed by atoms with van der Waals surface area (Å²) in [5.41, 5.74) is 3.21. The molecule has 20 heavy (non-hydrogen) atoms. The number of pyridine rings is 1. The van der Waals surface area contributed by atoms with E-state index in [0.29, 0.717) is 0 Å². The van der Waals surface area contributed by atoms with Crippen molar-refractivity contribution in [2.45, 2.75) is 6.92 Å². The molecule has 2 aromatic heterocycles. The van der Waals surface area contributed by atoms with Crippen LogP contribution in [0.25, 0.3) is 21.8 Å². The molecule has 0 aliphatic heterocycles. The van der Waals surface area contributed by atoms with Crippen molar-refractivity contribution in [2.75, 3.05) is 0 Å². The van der Waals surface area contributed by atoms with Crippen LogP contribution >= 0.6 is 43.2 Å². The molecule has 1 aromatic carbocycles. The Morgan fingerprint density at radius 1 is 0.950 bits per heavy atom. The van der Waals surface area contributed by atoms with E-state index < -0.39 is 0 Å². The molecule has 100 valence electrons. The van der Waals surface area contributed by atoms with Gasteiger partial charge in [-0.3, -0.25) is 4.98 Å². The molecule has 0 fully saturated rings. The van der Waals surface area contributed by atoms with E-state index in [0.717, 1.165) is 30.8 Å². The lowest BCUT2D eigenvalue weighted by Crippen LogP contribution is -1.82. The van der Waals surface area contributed by atoms with Crippen LogP contribution < -0.4 is 0 Å². The van der Waals surface area contributed by atoms with E-state index in [9.17, 15) is 0 Å². The summed E-state index contributed by atoms with van der Waals surface area (Å²) in [7, 11) is 0. The second-order valence-corrected chi connectivity index (χ2v) is 7.36. The first kappa shape index (κ1) is 13.9. The molecule has 0 amide bonds. The molecule has 0 radical (unpaired) electrons. The van der Waals surface area contributed by atoms with Crippen LogP contribution in [0, 0.1) is 6.92 Å². The van der Waals surface area contributed by atoms with Crippen LogP contribution in [0.15, 0.2) is 51.7 Å². The van der Waals surface area contributed by atoms with E-state index in [4.69, 9.17) is 4.98 Å². The van der Waals surface area contributed by atoms with Crippen LogP contribution in [0.1, 0.15) is 4.88 Å². The van der Waals surface area contributed by atoms with Gasteiger partial charge >= 0.3 is 0 Å². The maximum absolute atomic E-state index is 4.76. The lowest BCUT2D eigenvalue weighted by molar-refractivity contribution is 1.29. The fourth-order valence-electron chi connectivity index (χ4n) is 1.92. The first-order valence-electron chi connectivity index (χ1n) is 5.98. The second kappa shape index (κ2) is 5.76. The largest absolute Gasteiger partial charge is 0.263 e. The minimum absolute atomic E-state index is 0.966. The fraction of sp³-hybridized carbons (Fsp3) is 0.0667. The lowest BCUT2D eigenvalue weighted by atomic mass is 10.1. The number of hydrogen-bond donors (Lipinski definition) is 0. The molecule has 2 nitrogen and oxygen atoms in total. The summed E-state index contributed by atoms with van der Waals surface area (Å²) in [6, 6.07) is 10.3. The third-order valence-electron chi connectivity index (χ3n) is 2.87. The molecular weight excluding hydrogens is 400 g/mol. The molecule has 0 unspecified atom stereocenters. The zero-order valence-electron chi connectivity index (χ0n) is 10.6. The van der Waals surface area contributed by atoms with Crippen LogP contribution in [0.3, 0.4) is 0 Å². The summed E-state index contributed by atoms with van der Waals surface area (Å²) in [6.07, 6.45) is 3.62. The highest BCUT2D eigenvalue weighted by Gasteiger charge is 2.11. The third-order valence-corrected chi connectivity index (χ3v) is 4.85. The van der Waals surface area contributed by atoms with Gasteiger partial charge in [-0.15, -0.1) is 11.3 Å². The van der Waals surface area contributed by atoms with Crippen molar-refractivity contribution in [1.29, 1.82) is 0 Å². The number of rotatable bonds is 2. The Morgan fingerprint density at radius 2 is 1.70 bits per heavy atom. The zero-order valence-corrected chi connectivity index (χ0v) is 14.6. The Hall–Kier alpha value is -1.04. The molecule has 5 heteroatoms. The van der Waals surface area contributed by atoms with Gasteiger partial charge in [-0.25, -0.2) is 4.98 Å².